The minimum Gasteiger partial charge on any atom is -0.364 e. The van der Waals surface area contributed by atoms with Gasteiger partial charge in [0.2, 0.25) is 0 Å². The number of aryl methyl sites for hydroxylation is 1. The topological polar surface area (TPSA) is 83.6 Å². The van der Waals surface area contributed by atoms with Gasteiger partial charge in [-0.2, -0.15) is 0 Å². The van der Waals surface area contributed by atoms with E-state index in [0.29, 0.717) is 18.4 Å². The molecular formula is C19H23N5O. The van der Waals surface area contributed by atoms with Crippen molar-refractivity contribution >= 4 is 5.82 Å². The number of fused-ring (bicyclic) bond motifs is 1. The smallest absolute Gasteiger partial charge is 0.251 e. The highest BCUT2D eigenvalue weighted by Crippen LogP contribution is 2.40. The lowest BCUT2D eigenvalue weighted by molar-refractivity contribution is 0.399. The Hall–Kier alpha value is -2.24. The van der Waals surface area contributed by atoms with Crippen LogP contribution in [0.2, 0.25) is 0 Å². The molecule has 25 heavy (non-hydrogen) atoms. The second-order valence-corrected chi connectivity index (χ2v) is 7.59. The third-order valence-corrected chi connectivity index (χ3v) is 5.63. The number of aromatic nitrogens is 4. The summed E-state index contributed by atoms with van der Waals surface area (Å²) in [5, 5.41) is 3.45. The van der Waals surface area contributed by atoms with Crippen molar-refractivity contribution in [1.29, 1.82) is 0 Å². The molecular weight excluding hydrogens is 314 g/mol. The van der Waals surface area contributed by atoms with Crippen LogP contribution in [0, 0.1) is 0 Å². The molecule has 5 rings (SSSR count). The number of nitrogens with one attached hydrogen (secondary N) is 2. The van der Waals surface area contributed by atoms with Crippen LogP contribution in [0.3, 0.4) is 0 Å². The van der Waals surface area contributed by atoms with Crippen LogP contribution in [0.5, 0.6) is 0 Å². The standard InChI is InChI=1S/C19H23N5O/c25-16-9-13(21-17(23-16)11-3-1-4-11)10-20-19-14-5-2-6-15(14)22-18(24-19)12-7-8-12/h9,11-12H,1-8,10H2,(H,20,22,24)(H,21,23,25). The molecule has 2 aromatic heterocycles. The third kappa shape index (κ3) is 2.94. The normalized spacial score (nSPS) is 19.5. The summed E-state index contributed by atoms with van der Waals surface area (Å²) in [6, 6.07) is 1.60. The summed E-state index contributed by atoms with van der Waals surface area (Å²) in [5.41, 5.74) is 3.21. The van der Waals surface area contributed by atoms with Crippen molar-refractivity contribution in [3.63, 3.8) is 0 Å². The molecule has 2 heterocycles. The number of rotatable bonds is 5. The molecule has 0 spiro atoms. The van der Waals surface area contributed by atoms with Gasteiger partial charge in [0.1, 0.15) is 17.5 Å². The van der Waals surface area contributed by atoms with Gasteiger partial charge in [-0.25, -0.2) is 15.0 Å². The van der Waals surface area contributed by atoms with E-state index in [-0.39, 0.29) is 5.56 Å². The van der Waals surface area contributed by atoms with Gasteiger partial charge in [0, 0.05) is 29.2 Å². The van der Waals surface area contributed by atoms with Crippen LogP contribution in [-0.4, -0.2) is 19.9 Å². The molecule has 2 N–H and O–H groups in total. The Balaban J connectivity index is 1.39. The molecule has 6 nitrogen and oxygen atoms in total. The molecule has 0 bridgehead atoms. The molecule has 2 fully saturated rings. The maximum Gasteiger partial charge on any atom is 0.251 e. The van der Waals surface area contributed by atoms with Gasteiger partial charge < -0.3 is 10.3 Å². The average Bonchev–Trinajstić information content (AvgIpc) is 3.28. The van der Waals surface area contributed by atoms with Gasteiger partial charge in [0.05, 0.1) is 12.2 Å². The molecule has 130 valence electrons. The molecule has 2 aromatic rings. The SMILES string of the molecule is O=c1cc(CNc2nc(C3CC3)nc3c2CCC3)nc(C2CCC2)[nH]1. The minimum absolute atomic E-state index is 0.0553. The number of anilines is 1. The Bertz CT molecular complexity index is 867. The van der Waals surface area contributed by atoms with Crippen LogP contribution in [0.4, 0.5) is 5.82 Å². The Labute approximate surface area is 146 Å². The second kappa shape index (κ2) is 5.93. The highest BCUT2D eigenvalue weighted by molar-refractivity contribution is 5.49. The monoisotopic (exact) mass is 337 g/mol. The first-order valence-electron chi connectivity index (χ1n) is 9.50. The highest BCUT2D eigenvalue weighted by Gasteiger charge is 2.29. The van der Waals surface area contributed by atoms with Crippen LogP contribution in [0.15, 0.2) is 10.9 Å². The largest absolute Gasteiger partial charge is 0.364 e. The molecule has 0 aromatic carbocycles. The van der Waals surface area contributed by atoms with E-state index < -0.39 is 0 Å². The van der Waals surface area contributed by atoms with Gasteiger partial charge in [0.25, 0.3) is 5.56 Å². The zero-order valence-corrected chi connectivity index (χ0v) is 14.3. The maximum absolute atomic E-state index is 12.0. The highest BCUT2D eigenvalue weighted by atomic mass is 16.1. The lowest BCUT2D eigenvalue weighted by Crippen LogP contribution is -2.20. The van der Waals surface area contributed by atoms with E-state index in [2.05, 4.69) is 15.3 Å². The van der Waals surface area contributed by atoms with Crippen molar-refractivity contribution in [3.8, 4) is 0 Å². The van der Waals surface area contributed by atoms with Gasteiger partial charge in [-0.3, -0.25) is 4.79 Å². The number of aromatic amines is 1. The van der Waals surface area contributed by atoms with Gasteiger partial charge in [-0.15, -0.1) is 0 Å². The second-order valence-electron chi connectivity index (χ2n) is 7.59. The van der Waals surface area contributed by atoms with Crippen LogP contribution in [-0.2, 0) is 19.4 Å². The first-order chi connectivity index (χ1) is 12.3. The Morgan fingerprint density at radius 2 is 1.92 bits per heavy atom. The van der Waals surface area contributed by atoms with E-state index in [1.54, 1.807) is 6.07 Å². The van der Waals surface area contributed by atoms with Crippen molar-refractivity contribution < 1.29 is 0 Å². The van der Waals surface area contributed by atoms with E-state index >= 15 is 0 Å². The summed E-state index contributed by atoms with van der Waals surface area (Å²) in [6.45, 7) is 0.539. The molecule has 0 unspecified atom stereocenters. The fraction of sp³-hybridized carbons (Fsp3) is 0.579. The summed E-state index contributed by atoms with van der Waals surface area (Å²) in [7, 11) is 0. The summed E-state index contributed by atoms with van der Waals surface area (Å²) < 4.78 is 0. The Kier molecular flexibility index (Phi) is 3.57. The van der Waals surface area contributed by atoms with E-state index in [0.717, 1.165) is 55.3 Å². The van der Waals surface area contributed by atoms with Crippen molar-refractivity contribution in [2.24, 2.45) is 0 Å². The number of nitrogens with zero attached hydrogens (tertiary/aromatic N) is 3. The van der Waals surface area contributed by atoms with Crippen molar-refractivity contribution in [1.82, 2.24) is 19.9 Å². The lowest BCUT2D eigenvalue weighted by Gasteiger charge is -2.24. The summed E-state index contributed by atoms with van der Waals surface area (Å²) in [5.74, 6) is 3.78. The van der Waals surface area contributed by atoms with E-state index in [4.69, 9.17) is 9.97 Å². The predicted molar refractivity (Wildman–Crippen MR) is 94.8 cm³/mol. The molecule has 0 saturated heterocycles. The zero-order valence-electron chi connectivity index (χ0n) is 14.3. The summed E-state index contributed by atoms with van der Waals surface area (Å²) in [6.07, 6.45) is 9.15. The van der Waals surface area contributed by atoms with Crippen molar-refractivity contribution in [2.45, 2.75) is 69.7 Å². The summed E-state index contributed by atoms with van der Waals surface area (Å²) >= 11 is 0. The van der Waals surface area contributed by atoms with Gasteiger partial charge in [-0.05, 0) is 44.9 Å². The number of H-pyrrole nitrogens is 1. The van der Waals surface area contributed by atoms with Crippen LogP contribution in [0.25, 0.3) is 0 Å². The van der Waals surface area contributed by atoms with Crippen LogP contribution < -0.4 is 10.9 Å². The van der Waals surface area contributed by atoms with Crippen molar-refractivity contribution in [3.05, 3.63) is 45.0 Å². The molecule has 2 saturated carbocycles. The van der Waals surface area contributed by atoms with E-state index in [9.17, 15) is 4.79 Å². The average molecular weight is 337 g/mol. The van der Waals surface area contributed by atoms with Crippen LogP contribution >= 0.6 is 0 Å². The molecule has 3 aliphatic rings. The molecule has 6 heteroatoms. The Morgan fingerprint density at radius 3 is 2.68 bits per heavy atom. The minimum atomic E-state index is -0.0553. The van der Waals surface area contributed by atoms with Crippen molar-refractivity contribution in [2.75, 3.05) is 5.32 Å². The molecule has 0 radical (unpaired) electrons. The van der Waals surface area contributed by atoms with E-state index in [1.807, 2.05) is 0 Å². The fourth-order valence-electron chi connectivity index (χ4n) is 3.79. The van der Waals surface area contributed by atoms with Gasteiger partial charge >= 0.3 is 0 Å². The molecule has 3 aliphatic carbocycles. The molecule has 0 amide bonds. The van der Waals surface area contributed by atoms with Gasteiger partial charge in [-0.1, -0.05) is 6.42 Å². The first-order valence-corrected chi connectivity index (χ1v) is 9.50. The van der Waals surface area contributed by atoms with E-state index in [1.165, 1.54) is 30.5 Å². The third-order valence-electron chi connectivity index (χ3n) is 5.63. The first kappa shape index (κ1) is 15.0. The number of hydrogen-bond acceptors (Lipinski definition) is 5. The molecule has 0 atom stereocenters. The van der Waals surface area contributed by atoms with Gasteiger partial charge in [0.15, 0.2) is 0 Å². The lowest BCUT2D eigenvalue weighted by atomic mass is 9.85. The summed E-state index contributed by atoms with van der Waals surface area (Å²) in [4.78, 5) is 29.1. The number of hydrogen-bond donors (Lipinski definition) is 2. The van der Waals surface area contributed by atoms with Crippen LogP contribution in [0.1, 0.15) is 79.0 Å². The quantitative estimate of drug-likeness (QED) is 0.876. The maximum atomic E-state index is 12.0. The molecule has 0 aliphatic heterocycles. The Morgan fingerprint density at radius 1 is 1.04 bits per heavy atom. The zero-order chi connectivity index (χ0) is 16.8. The predicted octanol–water partition coefficient (Wildman–Crippen LogP) is 2.81. The fourth-order valence-corrected chi connectivity index (χ4v) is 3.79.